The number of nitrogens with one attached hydrogen (secondary N) is 2. The molecule has 2 atom stereocenters. The molecule has 0 spiro atoms. The van der Waals surface area contributed by atoms with Crippen molar-refractivity contribution in [2.24, 2.45) is 7.05 Å². The molecule has 6 nitrogen and oxygen atoms in total. The first-order valence-electron chi connectivity index (χ1n) is 6.16. The van der Waals surface area contributed by atoms with Crippen molar-refractivity contribution in [2.45, 2.75) is 19.0 Å². The Morgan fingerprint density at radius 1 is 1.42 bits per heavy atom. The molecule has 1 aromatic heterocycles. The van der Waals surface area contributed by atoms with Crippen LogP contribution in [0.5, 0.6) is 0 Å². The maximum absolute atomic E-state index is 12.0. The molecule has 2 N–H and O–H groups in total. The molecule has 0 saturated heterocycles. The molecule has 2 heterocycles. The molecule has 1 aromatic carbocycles. The summed E-state index contributed by atoms with van der Waals surface area (Å²) in [6.45, 7) is 1.97. The summed E-state index contributed by atoms with van der Waals surface area (Å²) in [6, 6.07) is 7.29. The number of rotatable bonds is 3. The number of nitrogens with zero attached hydrogens (tertiary/aromatic N) is 3. The first-order chi connectivity index (χ1) is 9.16. The lowest BCUT2D eigenvalue weighted by Crippen LogP contribution is -2.31. The first-order valence-corrected chi connectivity index (χ1v) is 6.16. The Balaban J connectivity index is 1.84. The van der Waals surface area contributed by atoms with Crippen molar-refractivity contribution >= 4 is 11.6 Å². The van der Waals surface area contributed by atoms with Crippen LogP contribution in [0.4, 0.5) is 5.69 Å². The number of carbonyl (C=O) groups excluding carboxylic acids is 1. The van der Waals surface area contributed by atoms with Crippen LogP contribution in [0.2, 0.25) is 0 Å². The quantitative estimate of drug-likeness (QED) is 0.865. The number of benzene rings is 1. The average molecular weight is 257 g/mol. The molecular formula is C13H15N5O. The Hall–Kier alpha value is -2.21. The van der Waals surface area contributed by atoms with E-state index < -0.39 is 0 Å². The van der Waals surface area contributed by atoms with Gasteiger partial charge in [-0.15, -0.1) is 10.2 Å². The summed E-state index contributed by atoms with van der Waals surface area (Å²) in [7, 11) is 1.89. The molecule has 0 radical (unpaired) electrons. The van der Waals surface area contributed by atoms with Crippen LogP contribution >= 0.6 is 0 Å². The van der Waals surface area contributed by atoms with Crippen LogP contribution in [0.1, 0.15) is 30.4 Å². The molecule has 98 valence electrons. The number of aryl methyl sites for hydroxylation is 1. The zero-order chi connectivity index (χ0) is 13.4. The van der Waals surface area contributed by atoms with Crippen LogP contribution < -0.4 is 10.6 Å². The highest BCUT2D eigenvalue weighted by atomic mass is 16.2. The molecule has 19 heavy (non-hydrogen) atoms. The summed E-state index contributed by atoms with van der Waals surface area (Å²) in [6.07, 6.45) is 1.65. The number of hydrogen-bond donors (Lipinski definition) is 2. The Morgan fingerprint density at radius 2 is 2.21 bits per heavy atom. The van der Waals surface area contributed by atoms with Crippen LogP contribution in [0.3, 0.4) is 0 Å². The number of anilines is 1. The topological polar surface area (TPSA) is 71.8 Å². The van der Waals surface area contributed by atoms with E-state index in [1.165, 1.54) is 0 Å². The molecule has 1 amide bonds. The van der Waals surface area contributed by atoms with E-state index in [1.807, 2.05) is 42.8 Å². The third kappa shape index (κ3) is 2.00. The van der Waals surface area contributed by atoms with E-state index in [-0.39, 0.29) is 18.0 Å². The van der Waals surface area contributed by atoms with Crippen LogP contribution in [-0.2, 0) is 11.8 Å². The van der Waals surface area contributed by atoms with Gasteiger partial charge in [0.15, 0.2) is 0 Å². The van der Waals surface area contributed by atoms with Crippen molar-refractivity contribution in [3.05, 3.63) is 42.0 Å². The van der Waals surface area contributed by atoms with Gasteiger partial charge in [-0.3, -0.25) is 10.1 Å². The summed E-state index contributed by atoms with van der Waals surface area (Å²) < 4.78 is 1.84. The average Bonchev–Trinajstić information content (AvgIpc) is 2.94. The number of hydrogen-bond acceptors (Lipinski definition) is 4. The van der Waals surface area contributed by atoms with E-state index in [2.05, 4.69) is 20.8 Å². The summed E-state index contributed by atoms with van der Waals surface area (Å²) in [4.78, 5) is 12.0. The van der Waals surface area contributed by atoms with Crippen molar-refractivity contribution in [3.8, 4) is 0 Å². The predicted octanol–water partition coefficient (Wildman–Crippen LogP) is 1.16. The van der Waals surface area contributed by atoms with Crippen LogP contribution in [0, 0.1) is 0 Å². The van der Waals surface area contributed by atoms with Crippen molar-refractivity contribution in [2.75, 3.05) is 5.32 Å². The van der Waals surface area contributed by atoms with Crippen LogP contribution in [0.25, 0.3) is 0 Å². The largest absolute Gasteiger partial charge is 0.324 e. The van der Waals surface area contributed by atoms with Crippen molar-refractivity contribution in [1.29, 1.82) is 0 Å². The van der Waals surface area contributed by atoms with E-state index in [1.54, 1.807) is 6.33 Å². The van der Waals surface area contributed by atoms with Gasteiger partial charge in [0.25, 0.3) is 0 Å². The van der Waals surface area contributed by atoms with Crippen molar-refractivity contribution in [1.82, 2.24) is 20.1 Å². The maximum Gasteiger partial charge on any atom is 0.246 e. The summed E-state index contributed by atoms with van der Waals surface area (Å²) >= 11 is 0. The highest BCUT2D eigenvalue weighted by Crippen LogP contribution is 2.31. The van der Waals surface area contributed by atoms with E-state index in [0.29, 0.717) is 0 Å². The van der Waals surface area contributed by atoms with Crippen LogP contribution in [-0.4, -0.2) is 20.7 Å². The zero-order valence-corrected chi connectivity index (χ0v) is 10.8. The monoisotopic (exact) mass is 257 g/mol. The fourth-order valence-corrected chi connectivity index (χ4v) is 2.38. The minimum absolute atomic E-state index is 0.0322. The Labute approximate surface area is 110 Å². The Kier molecular flexibility index (Phi) is 2.79. The molecule has 0 saturated carbocycles. The number of aromatic nitrogens is 3. The first kappa shape index (κ1) is 11.9. The third-order valence-corrected chi connectivity index (χ3v) is 3.34. The molecule has 1 aliphatic rings. The van der Waals surface area contributed by atoms with Gasteiger partial charge in [0.2, 0.25) is 5.91 Å². The van der Waals surface area contributed by atoms with E-state index in [4.69, 9.17) is 0 Å². The maximum atomic E-state index is 12.0. The molecule has 3 rings (SSSR count). The van der Waals surface area contributed by atoms with Gasteiger partial charge in [0.1, 0.15) is 18.2 Å². The van der Waals surface area contributed by atoms with Crippen molar-refractivity contribution < 1.29 is 4.79 Å². The Bertz CT molecular complexity index is 621. The van der Waals surface area contributed by atoms with Gasteiger partial charge in [-0.05, 0) is 13.0 Å². The molecule has 2 unspecified atom stereocenters. The predicted molar refractivity (Wildman–Crippen MR) is 70.4 cm³/mol. The minimum Gasteiger partial charge on any atom is -0.324 e. The van der Waals surface area contributed by atoms with Crippen molar-refractivity contribution in [3.63, 3.8) is 0 Å². The van der Waals surface area contributed by atoms with Gasteiger partial charge in [-0.25, -0.2) is 0 Å². The lowest BCUT2D eigenvalue weighted by atomic mass is 10.1. The molecule has 0 bridgehead atoms. The zero-order valence-electron chi connectivity index (χ0n) is 10.8. The summed E-state index contributed by atoms with van der Waals surface area (Å²) in [5.41, 5.74) is 1.84. The molecule has 0 fully saturated rings. The smallest absolute Gasteiger partial charge is 0.246 e. The fraction of sp³-hybridized carbons (Fsp3) is 0.308. The number of carbonyl (C=O) groups is 1. The van der Waals surface area contributed by atoms with Gasteiger partial charge in [0.05, 0.1) is 6.04 Å². The standard InChI is InChI=1S/C13H15N5O/c1-8(12-17-14-7-18(12)2)15-11-9-5-3-4-6-10(9)16-13(11)19/h3-8,11,15H,1-2H3,(H,16,19). The van der Waals surface area contributed by atoms with Gasteiger partial charge < -0.3 is 9.88 Å². The number of amides is 1. The SMILES string of the molecule is CC(NC1C(=O)Nc2ccccc21)c1nncn1C. The second kappa shape index (κ2) is 4.47. The number of fused-ring (bicyclic) bond motifs is 1. The molecular weight excluding hydrogens is 242 g/mol. The molecule has 0 aliphatic carbocycles. The molecule has 1 aliphatic heterocycles. The van der Waals surface area contributed by atoms with E-state index >= 15 is 0 Å². The second-order valence-electron chi connectivity index (χ2n) is 4.70. The highest BCUT2D eigenvalue weighted by Gasteiger charge is 2.31. The highest BCUT2D eigenvalue weighted by molar-refractivity contribution is 6.02. The fourth-order valence-electron chi connectivity index (χ4n) is 2.38. The van der Waals surface area contributed by atoms with Crippen LogP contribution in [0.15, 0.2) is 30.6 Å². The van der Waals surface area contributed by atoms with E-state index in [9.17, 15) is 4.79 Å². The van der Waals surface area contributed by atoms with Gasteiger partial charge in [-0.1, -0.05) is 18.2 Å². The molecule has 6 heteroatoms. The third-order valence-electron chi connectivity index (χ3n) is 3.34. The van der Waals surface area contributed by atoms with E-state index in [0.717, 1.165) is 17.1 Å². The minimum atomic E-state index is -0.345. The molecule has 2 aromatic rings. The summed E-state index contributed by atoms with van der Waals surface area (Å²) in [5.74, 6) is 0.771. The van der Waals surface area contributed by atoms with Gasteiger partial charge >= 0.3 is 0 Å². The Morgan fingerprint density at radius 3 is 2.95 bits per heavy atom. The lowest BCUT2D eigenvalue weighted by Gasteiger charge is -2.17. The van der Waals surface area contributed by atoms with Gasteiger partial charge in [-0.2, -0.15) is 0 Å². The summed E-state index contributed by atoms with van der Waals surface area (Å²) in [5, 5.41) is 14.1. The number of para-hydroxylation sites is 1. The lowest BCUT2D eigenvalue weighted by molar-refractivity contribution is -0.117. The second-order valence-corrected chi connectivity index (χ2v) is 4.70. The normalized spacial score (nSPS) is 19.1. The van der Waals surface area contributed by atoms with Gasteiger partial charge in [0, 0.05) is 18.3 Å².